The van der Waals surface area contributed by atoms with Crippen LogP contribution >= 0.6 is 0 Å². The largest absolute Gasteiger partial charge is 0.393 e. The number of hydrogen-bond donors (Lipinski definition) is 4. The van der Waals surface area contributed by atoms with E-state index in [1.165, 1.54) is 0 Å². The molecule has 0 aromatic rings. The predicted molar refractivity (Wildman–Crippen MR) is 97.7 cm³/mol. The van der Waals surface area contributed by atoms with Crippen LogP contribution in [0.3, 0.4) is 0 Å². The molecular formula is C20H40O4. The highest BCUT2D eigenvalue weighted by molar-refractivity contribution is 4.97. The SMILES string of the molecule is CCCCC1C(O)C(CCCC)C1O.CCCCC1C(O)CC1O. The molecule has 4 heteroatoms. The maximum atomic E-state index is 9.83. The summed E-state index contributed by atoms with van der Waals surface area (Å²) in [7, 11) is 0. The van der Waals surface area contributed by atoms with Crippen molar-refractivity contribution >= 4 is 0 Å². The lowest BCUT2D eigenvalue weighted by molar-refractivity contribution is -0.156. The van der Waals surface area contributed by atoms with Gasteiger partial charge in [-0.2, -0.15) is 0 Å². The maximum Gasteiger partial charge on any atom is 0.0646 e. The quantitative estimate of drug-likeness (QED) is 0.517. The fourth-order valence-electron chi connectivity index (χ4n) is 3.94. The summed E-state index contributed by atoms with van der Waals surface area (Å²) in [6.45, 7) is 6.41. The van der Waals surface area contributed by atoms with Crippen LogP contribution in [0.5, 0.6) is 0 Å². The van der Waals surface area contributed by atoms with E-state index in [4.69, 9.17) is 10.2 Å². The van der Waals surface area contributed by atoms with Gasteiger partial charge in [0, 0.05) is 17.8 Å². The van der Waals surface area contributed by atoms with E-state index in [0.29, 0.717) is 6.42 Å². The number of aliphatic hydroxyl groups is 4. The van der Waals surface area contributed by atoms with Gasteiger partial charge in [-0.3, -0.25) is 0 Å². The normalized spacial score (nSPS) is 37.9. The zero-order valence-electron chi connectivity index (χ0n) is 15.9. The van der Waals surface area contributed by atoms with E-state index < -0.39 is 0 Å². The topological polar surface area (TPSA) is 80.9 Å². The van der Waals surface area contributed by atoms with Crippen molar-refractivity contribution in [2.24, 2.45) is 17.8 Å². The summed E-state index contributed by atoms with van der Waals surface area (Å²) in [4.78, 5) is 0. The summed E-state index contributed by atoms with van der Waals surface area (Å²) in [6.07, 6.45) is 9.46. The third-order valence-electron chi connectivity index (χ3n) is 5.90. The summed E-state index contributed by atoms with van der Waals surface area (Å²) in [5.41, 5.74) is 0. The minimum absolute atomic E-state index is 0.164. The second-order valence-electron chi connectivity index (χ2n) is 7.77. The van der Waals surface area contributed by atoms with Crippen molar-refractivity contribution in [3.05, 3.63) is 0 Å². The highest BCUT2D eigenvalue weighted by Crippen LogP contribution is 2.40. The van der Waals surface area contributed by atoms with Crippen LogP contribution in [0.25, 0.3) is 0 Å². The molecule has 4 nitrogen and oxygen atoms in total. The molecule has 2 aliphatic rings. The first kappa shape index (κ1) is 21.9. The molecule has 2 fully saturated rings. The van der Waals surface area contributed by atoms with E-state index in [2.05, 4.69) is 20.8 Å². The fraction of sp³-hybridized carbons (Fsp3) is 1.00. The first-order valence-electron chi connectivity index (χ1n) is 10.2. The lowest BCUT2D eigenvalue weighted by atomic mass is 9.65. The summed E-state index contributed by atoms with van der Waals surface area (Å²) >= 11 is 0. The van der Waals surface area contributed by atoms with Gasteiger partial charge >= 0.3 is 0 Å². The monoisotopic (exact) mass is 344 g/mol. The summed E-state index contributed by atoms with van der Waals surface area (Å²) in [6, 6.07) is 0. The molecule has 0 heterocycles. The van der Waals surface area contributed by atoms with Crippen LogP contribution in [-0.2, 0) is 0 Å². The molecule has 0 spiro atoms. The lowest BCUT2D eigenvalue weighted by Crippen LogP contribution is -2.55. The van der Waals surface area contributed by atoms with E-state index >= 15 is 0 Å². The number of hydrogen-bond acceptors (Lipinski definition) is 4. The fourth-order valence-corrected chi connectivity index (χ4v) is 3.94. The van der Waals surface area contributed by atoms with Gasteiger partial charge in [0.1, 0.15) is 0 Å². The average molecular weight is 345 g/mol. The minimum Gasteiger partial charge on any atom is -0.393 e. The van der Waals surface area contributed by atoms with E-state index in [0.717, 1.165) is 57.8 Å². The predicted octanol–water partition coefficient (Wildman–Crippen LogP) is 3.25. The zero-order chi connectivity index (χ0) is 18.1. The highest BCUT2D eigenvalue weighted by Gasteiger charge is 2.47. The minimum atomic E-state index is -0.233. The van der Waals surface area contributed by atoms with Gasteiger partial charge in [-0.25, -0.2) is 0 Å². The van der Waals surface area contributed by atoms with Crippen LogP contribution in [0.1, 0.15) is 85.0 Å². The Morgan fingerprint density at radius 3 is 1.21 bits per heavy atom. The van der Waals surface area contributed by atoms with Gasteiger partial charge in [0.05, 0.1) is 24.4 Å². The molecule has 0 bridgehead atoms. The van der Waals surface area contributed by atoms with Crippen molar-refractivity contribution in [2.45, 2.75) is 109 Å². The highest BCUT2D eigenvalue weighted by atomic mass is 16.3. The first-order valence-corrected chi connectivity index (χ1v) is 10.2. The third kappa shape index (κ3) is 5.98. The van der Waals surface area contributed by atoms with Gasteiger partial charge in [-0.15, -0.1) is 0 Å². The van der Waals surface area contributed by atoms with Crippen molar-refractivity contribution in [3.8, 4) is 0 Å². The second kappa shape index (κ2) is 11.5. The Bertz CT molecular complexity index is 289. The molecule has 0 saturated heterocycles. The Labute approximate surface area is 148 Å². The smallest absolute Gasteiger partial charge is 0.0646 e. The molecule has 0 aliphatic heterocycles. The standard InChI is InChI=1S/C12H24O2.C8H16O2/c1-3-5-7-9-11(13)10(12(9)14)8-6-4-2;1-2-3-4-6-7(9)5-8(6)10/h9-14H,3-8H2,1-2H3;6-10H,2-5H2,1H3. The molecule has 0 aromatic carbocycles. The van der Waals surface area contributed by atoms with Gasteiger partial charge in [0.15, 0.2) is 0 Å². The number of aliphatic hydroxyl groups excluding tert-OH is 4. The van der Waals surface area contributed by atoms with Gasteiger partial charge in [-0.05, 0) is 25.7 Å². The van der Waals surface area contributed by atoms with E-state index in [9.17, 15) is 10.2 Å². The number of rotatable bonds is 9. The Kier molecular flexibility index (Phi) is 10.4. The summed E-state index contributed by atoms with van der Waals surface area (Å²) in [5, 5.41) is 38.0. The maximum absolute atomic E-state index is 9.83. The van der Waals surface area contributed by atoms with Crippen LogP contribution in [-0.4, -0.2) is 44.8 Å². The summed E-state index contributed by atoms with van der Waals surface area (Å²) in [5.74, 6) is 0.508. The van der Waals surface area contributed by atoms with Crippen molar-refractivity contribution in [3.63, 3.8) is 0 Å². The van der Waals surface area contributed by atoms with Crippen LogP contribution in [0.2, 0.25) is 0 Å². The Hall–Kier alpha value is -0.160. The van der Waals surface area contributed by atoms with Gasteiger partial charge in [0.2, 0.25) is 0 Å². The van der Waals surface area contributed by atoms with Gasteiger partial charge < -0.3 is 20.4 Å². The Balaban J connectivity index is 0.000000254. The van der Waals surface area contributed by atoms with E-state index in [1.807, 2.05) is 0 Å². The van der Waals surface area contributed by atoms with Crippen LogP contribution in [0, 0.1) is 17.8 Å². The molecule has 24 heavy (non-hydrogen) atoms. The molecule has 2 saturated carbocycles. The van der Waals surface area contributed by atoms with Crippen LogP contribution < -0.4 is 0 Å². The Morgan fingerprint density at radius 2 is 0.917 bits per heavy atom. The average Bonchev–Trinajstić information content (AvgIpc) is 2.56. The van der Waals surface area contributed by atoms with Gasteiger partial charge in [0.25, 0.3) is 0 Å². The molecule has 0 aromatic heterocycles. The van der Waals surface area contributed by atoms with Crippen molar-refractivity contribution in [1.29, 1.82) is 0 Å². The molecule has 2 aliphatic carbocycles. The first-order chi connectivity index (χ1) is 11.5. The number of unbranched alkanes of at least 4 members (excludes halogenated alkanes) is 3. The second-order valence-corrected chi connectivity index (χ2v) is 7.77. The van der Waals surface area contributed by atoms with E-state index in [1.54, 1.807) is 0 Å². The molecule has 2 atom stereocenters. The molecule has 0 amide bonds. The Morgan fingerprint density at radius 1 is 0.583 bits per heavy atom. The third-order valence-corrected chi connectivity index (χ3v) is 5.90. The van der Waals surface area contributed by atoms with Crippen molar-refractivity contribution < 1.29 is 20.4 Å². The van der Waals surface area contributed by atoms with Crippen molar-refractivity contribution in [2.75, 3.05) is 0 Å². The summed E-state index contributed by atoms with van der Waals surface area (Å²) < 4.78 is 0. The van der Waals surface area contributed by atoms with Gasteiger partial charge in [-0.1, -0.05) is 59.3 Å². The molecule has 2 rings (SSSR count). The molecular weight excluding hydrogens is 304 g/mol. The van der Waals surface area contributed by atoms with Crippen LogP contribution in [0.4, 0.5) is 0 Å². The zero-order valence-corrected chi connectivity index (χ0v) is 15.9. The molecule has 2 unspecified atom stereocenters. The lowest BCUT2D eigenvalue weighted by Gasteiger charge is -2.47. The molecule has 0 radical (unpaired) electrons. The van der Waals surface area contributed by atoms with E-state index in [-0.39, 0.29) is 42.2 Å². The van der Waals surface area contributed by atoms with Crippen molar-refractivity contribution in [1.82, 2.24) is 0 Å². The molecule has 144 valence electrons. The van der Waals surface area contributed by atoms with Crippen LogP contribution in [0.15, 0.2) is 0 Å². The molecule has 4 N–H and O–H groups in total.